The van der Waals surface area contributed by atoms with Crippen LogP contribution in [0.3, 0.4) is 0 Å². The predicted octanol–water partition coefficient (Wildman–Crippen LogP) is 5.02. The first-order valence-electron chi connectivity index (χ1n) is 11.6. The molecule has 1 atom stereocenters. The van der Waals surface area contributed by atoms with Crippen molar-refractivity contribution in [1.29, 1.82) is 0 Å². The van der Waals surface area contributed by atoms with Crippen molar-refractivity contribution in [2.45, 2.75) is 42.3 Å². The average molecular weight is 543 g/mol. The molecule has 0 radical (unpaired) electrons. The summed E-state index contributed by atoms with van der Waals surface area (Å²) in [6.07, 6.45) is -2.67. The van der Waals surface area contributed by atoms with E-state index in [2.05, 4.69) is 25.0 Å². The van der Waals surface area contributed by atoms with Gasteiger partial charge in [-0.25, -0.2) is 18.4 Å². The molecule has 0 saturated heterocycles. The van der Waals surface area contributed by atoms with Crippen LogP contribution in [0.2, 0.25) is 0 Å². The van der Waals surface area contributed by atoms with Gasteiger partial charge in [0.1, 0.15) is 11.4 Å². The van der Waals surface area contributed by atoms with Gasteiger partial charge in [0.15, 0.2) is 9.84 Å². The van der Waals surface area contributed by atoms with Crippen molar-refractivity contribution in [1.82, 2.24) is 20.3 Å². The Balaban J connectivity index is 1.52. The molecule has 196 valence electrons. The lowest BCUT2D eigenvalue weighted by atomic mass is 10.1. The lowest BCUT2D eigenvalue weighted by molar-refractivity contribution is -0.274. The smallest absolute Gasteiger partial charge is 0.406 e. The molecule has 1 N–H and O–H groups in total. The Kier molecular flexibility index (Phi) is 6.51. The third kappa shape index (κ3) is 5.44. The lowest BCUT2D eigenvalue weighted by Gasteiger charge is -2.18. The van der Waals surface area contributed by atoms with Crippen molar-refractivity contribution < 1.29 is 31.1 Å². The van der Waals surface area contributed by atoms with Crippen LogP contribution >= 0.6 is 0 Å². The van der Waals surface area contributed by atoms with E-state index in [4.69, 9.17) is 0 Å². The lowest BCUT2D eigenvalue weighted by Crippen LogP contribution is -2.28. The minimum absolute atomic E-state index is 0.300. The Morgan fingerprint density at radius 2 is 1.71 bits per heavy atom. The van der Waals surface area contributed by atoms with E-state index in [-0.39, 0.29) is 5.56 Å². The Labute approximate surface area is 215 Å². The maximum absolute atomic E-state index is 13.2. The fraction of sp³-hybridized carbons (Fsp3) is 0.231. The molecule has 1 amide bonds. The van der Waals surface area contributed by atoms with Crippen LogP contribution < -0.4 is 10.1 Å². The summed E-state index contributed by atoms with van der Waals surface area (Å²) in [5, 5.41) is 2.01. The number of fused-ring (bicyclic) bond motifs is 1. The Morgan fingerprint density at radius 3 is 2.34 bits per heavy atom. The van der Waals surface area contributed by atoms with Crippen molar-refractivity contribution in [2.24, 2.45) is 0 Å². The van der Waals surface area contributed by atoms with E-state index >= 15 is 0 Å². The molecule has 38 heavy (non-hydrogen) atoms. The monoisotopic (exact) mass is 542 g/mol. The standard InChI is InChI=1S/C26H21F3N4O4S/c1-15(23-24(22-8-4-5-11-30-22)33-21-7-3-2-6-20(21)32-23)31-25(34)16-12-17(37-26(27,28)29)14-19(13-16)38(35,36)18-9-10-18/h2-8,11-15,18H,9-10H2,1H3,(H,31,34)/t15-/m0/s1. The van der Waals surface area contributed by atoms with E-state index in [0.717, 1.165) is 18.2 Å². The third-order valence-corrected chi connectivity index (χ3v) is 8.17. The van der Waals surface area contributed by atoms with Crippen LogP contribution in [0, 0.1) is 0 Å². The number of para-hydroxylation sites is 2. The predicted molar refractivity (Wildman–Crippen MR) is 132 cm³/mol. The second kappa shape index (κ2) is 9.67. The highest BCUT2D eigenvalue weighted by molar-refractivity contribution is 7.92. The van der Waals surface area contributed by atoms with Crippen molar-refractivity contribution >= 4 is 26.8 Å². The normalized spacial score (nSPS) is 14.7. The summed E-state index contributed by atoms with van der Waals surface area (Å²) >= 11 is 0. The summed E-state index contributed by atoms with van der Waals surface area (Å²) in [7, 11) is -3.91. The van der Waals surface area contributed by atoms with Gasteiger partial charge in [-0.05, 0) is 62.2 Å². The maximum atomic E-state index is 13.2. The molecular formula is C26H21F3N4O4S. The number of nitrogens with zero attached hydrogens (tertiary/aromatic N) is 3. The van der Waals surface area contributed by atoms with Crippen LogP contribution in [0.15, 0.2) is 71.8 Å². The molecule has 0 bridgehead atoms. The van der Waals surface area contributed by atoms with Crippen LogP contribution in [0.1, 0.15) is 41.9 Å². The number of hydrogen-bond donors (Lipinski definition) is 1. The van der Waals surface area contributed by atoms with Crippen LogP contribution in [0.4, 0.5) is 13.2 Å². The van der Waals surface area contributed by atoms with Gasteiger partial charge >= 0.3 is 6.36 Å². The summed E-state index contributed by atoms with van der Waals surface area (Å²) < 4.78 is 68.3. The fourth-order valence-electron chi connectivity index (χ4n) is 3.99. The number of alkyl halides is 3. The summed E-state index contributed by atoms with van der Waals surface area (Å²) in [5.41, 5.74) is 2.20. The molecule has 1 aliphatic carbocycles. The molecular weight excluding hydrogens is 521 g/mol. The van der Waals surface area contributed by atoms with Crippen LogP contribution in [0.5, 0.6) is 5.75 Å². The summed E-state index contributed by atoms with van der Waals surface area (Å²) in [5.74, 6) is -1.60. The van der Waals surface area contributed by atoms with Gasteiger partial charge in [-0.2, -0.15) is 0 Å². The number of carbonyl (C=O) groups is 1. The molecule has 0 aliphatic heterocycles. The zero-order chi connectivity index (χ0) is 27.1. The Bertz CT molecular complexity index is 1630. The zero-order valence-electron chi connectivity index (χ0n) is 19.9. The van der Waals surface area contributed by atoms with E-state index in [1.165, 1.54) is 0 Å². The highest BCUT2D eigenvalue weighted by Crippen LogP contribution is 2.36. The van der Waals surface area contributed by atoms with Gasteiger partial charge in [0.05, 0.1) is 38.6 Å². The first-order chi connectivity index (χ1) is 18.0. The molecule has 1 saturated carbocycles. The molecule has 0 spiro atoms. The van der Waals surface area contributed by atoms with E-state index in [9.17, 15) is 26.4 Å². The highest BCUT2D eigenvalue weighted by atomic mass is 32.2. The number of carbonyl (C=O) groups excluding carboxylic acids is 1. The first-order valence-corrected chi connectivity index (χ1v) is 13.2. The SMILES string of the molecule is C[C@H](NC(=O)c1cc(OC(F)(F)F)cc(S(=O)(=O)C2CC2)c1)c1nc2ccccc2nc1-c1ccccn1. The van der Waals surface area contributed by atoms with Crippen molar-refractivity contribution in [2.75, 3.05) is 0 Å². The molecule has 4 aromatic rings. The van der Waals surface area contributed by atoms with Crippen molar-refractivity contribution in [3.63, 3.8) is 0 Å². The van der Waals surface area contributed by atoms with Crippen LogP contribution in [0.25, 0.3) is 22.4 Å². The van der Waals surface area contributed by atoms with Gasteiger partial charge in [-0.3, -0.25) is 9.78 Å². The van der Waals surface area contributed by atoms with E-state index in [1.54, 1.807) is 49.5 Å². The van der Waals surface area contributed by atoms with E-state index in [1.807, 2.05) is 6.07 Å². The number of nitrogens with one attached hydrogen (secondary N) is 1. The zero-order valence-corrected chi connectivity index (χ0v) is 20.8. The number of aromatic nitrogens is 3. The summed E-state index contributed by atoms with van der Waals surface area (Å²) in [4.78, 5) is 26.5. The van der Waals surface area contributed by atoms with E-state index in [0.29, 0.717) is 41.0 Å². The van der Waals surface area contributed by atoms with Gasteiger partial charge in [0.25, 0.3) is 5.91 Å². The summed E-state index contributed by atoms with van der Waals surface area (Å²) in [6.45, 7) is 1.64. The maximum Gasteiger partial charge on any atom is 0.573 e. The molecule has 0 unspecified atom stereocenters. The molecule has 2 heterocycles. The highest BCUT2D eigenvalue weighted by Gasteiger charge is 2.38. The largest absolute Gasteiger partial charge is 0.573 e. The molecule has 2 aromatic carbocycles. The Morgan fingerprint density at radius 1 is 1.03 bits per heavy atom. The Hall–Kier alpha value is -4.06. The molecule has 1 fully saturated rings. The molecule has 1 aliphatic rings. The second-order valence-electron chi connectivity index (χ2n) is 8.84. The van der Waals surface area contributed by atoms with Gasteiger partial charge in [-0.1, -0.05) is 18.2 Å². The van der Waals surface area contributed by atoms with Crippen LogP contribution in [-0.4, -0.2) is 40.9 Å². The second-order valence-corrected chi connectivity index (χ2v) is 11.1. The minimum atomic E-state index is -5.07. The number of sulfone groups is 1. The molecule has 5 rings (SSSR count). The number of ether oxygens (including phenoxy) is 1. The number of hydrogen-bond acceptors (Lipinski definition) is 7. The van der Waals surface area contributed by atoms with Gasteiger partial charge in [-0.15, -0.1) is 13.2 Å². The van der Waals surface area contributed by atoms with Gasteiger partial charge in [0, 0.05) is 11.8 Å². The number of halogens is 3. The quantitative estimate of drug-likeness (QED) is 0.349. The fourth-order valence-corrected chi connectivity index (χ4v) is 5.70. The molecule has 12 heteroatoms. The van der Waals surface area contributed by atoms with Gasteiger partial charge < -0.3 is 10.1 Å². The average Bonchev–Trinajstić information content (AvgIpc) is 3.73. The first kappa shape index (κ1) is 25.6. The molecule has 2 aromatic heterocycles. The third-order valence-electron chi connectivity index (χ3n) is 5.93. The van der Waals surface area contributed by atoms with Crippen molar-refractivity contribution in [3.05, 3.63) is 78.1 Å². The molecule has 8 nitrogen and oxygen atoms in total. The number of amides is 1. The van der Waals surface area contributed by atoms with Crippen LogP contribution in [-0.2, 0) is 9.84 Å². The number of benzene rings is 2. The van der Waals surface area contributed by atoms with E-state index < -0.39 is 44.0 Å². The van der Waals surface area contributed by atoms with Crippen molar-refractivity contribution in [3.8, 4) is 17.1 Å². The number of rotatable bonds is 7. The van der Waals surface area contributed by atoms with Gasteiger partial charge in [0.2, 0.25) is 0 Å². The summed E-state index contributed by atoms with van der Waals surface area (Å²) in [6, 6.07) is 14.3. The topological polar surface area (TPSA) is 111 Å². The minimum Gasteiger partial charge on any atom is -0.406 e. The number of pyridine rings is 1.